The monoisotopic (exact) mass is 266 g/mol. The van der Waals surface area contributed by atoms with Gasteiger partial charge in [0.15, 0.2) is 0 Å². The first-order chi connectivity index (χ1) is 9.25. The second-order valence-electron chi connectivity index (χ2n) is 6.54. The first kappa shape index (κ1) is 14.8. The Kier molecular flexibility index (Phi) is 6.15. The first-order valence-corrected chi connectivity index (χ1v) is 8.27. The summed E-state index contributed by atoms with van der Waals surface area (Å²) in [7, 11) is 0. The van der Waals surface area contributed by atoms with Gasteiger partial charge in [0.05, 0.1) is 0 Å². The summed E-state index contributed by atoms with van der Waals surface area (Å²) in [6, 6.07) is 0.651. The van der Waals surface area contributed by atoms with E-state index in [2.05, 4.69) is 17.6 Å². The lowest BCUT2D eigenvalue weighted by Gasteiger charge is -2.28. The van der Waals surface area contributed by atoms with E-state index in [4.69, 9.17) is 0 Å². The molecule has 3 nitrogen and oxygen atoms in total. The van der Waals surface area contributed by atoms with Crippen LogP contribution >= 0.6 is 0 Å². The predicted molar refractivity (Wildman–Crippen MR) is 79.0 cm³/mol. The van der Waals surface area contributed by atoms with Gasteiger partial charge in [0, 0.05) is 18.5 Å². The maximum atomic E-state index is 12.2. The van der Waals surface area contributed by atoms with Crippen molar-refractivity contribution < 1.29 is 4.79 Å². The molecule has 2 unspecified atom stereocenters. The topological polar surface area (TPSA) is 41.1 Å². The molecule has 0 radical (unpaired) electrons. The molecule has 0 spiro atoms. The van der Waals surface area contributed by atoms with Crippen LogP contribution in [0.25, 0.3) is 0 Å². The zero-order valence-electron chi connectivity index (χ0n) is 12.4. The number of carbonyl (C=O) groups is 1. The van der Waals surface area contributed by atoms with E-state index in [0.29, 0.717) is 17.9 Å². The minimum absolute atomic E-state index is 0.288. The maximum Gasteiger partial charge on any atom is 0.223 e. The van der Waals surface area contributed by atoms with Crippen LogP contribution in [0.15, 0.2) is 0 Å². The van der Waals surface area contributed by atoms with Gasteiger partial charge in [-0.25, -0.2) is 0 Å². The molecule has 0 bridgehead atoms. The van der Waals surface area contributed by atoms with Gasteiger partial charge in [-0.2, -0.15) is 0 Å². The quantitative estimate of drug-likeness (QED) is 0.824. The van der Waals surface area contributed by atoms with E-state index < -0.39 is 0 Å². The van der Waals surface area contributed by atoms with E-state index in [0.717, 1.165) is 25.9 Å². The average Bonchev–Trinajstić information content (AvgIpc) is 2.37. The lowest BCUT2D eigenvalue weighted by atomic mass is 9.90. The molecule has 0 aromatic carbocycles. The van der Waals surface area contributed by atoms with Gasteiger partial charge in [-0.15, -0.1) is 0 Å². The lowest BCUT2D eigenvalue weighted by molar-refractivity contribution is -0.125. The molecule has 2 rings (SSSR count). The molecule has 3 heteroatoms. The Balaban J connectivity index is 1.67. The van der Waals surface area contributed by atoms with Crippen LogP contribution in [0.2, 0.25) is 0 Å². The molecule has 1 amide bonds. The summed E-state index contributed by atoms with van der Waals surface area (Å²) in [6.45, 7) is 4.17. The van der Waals surface area contributed by atoms with E-state index in [1.165, 1.54) is 44.9 Å². The summed E-state index contributed by atoms with van der Waals surface area (Å²) < 4.78 is 0. The molecule has 1 saturated heterocycles. The van der Waals surface area contributed by atoms with Gasteiger partial charge in [0.25, 0.3) is 0 Å². The minimum Gasteiger partial charge on any atom is -0.356 e. The Hall–Kier alpha value is -0.570. The molecular weight excluding hydrogens is 236 g/mol. The lowest BCUT2D eigenvalue weighted by Crippen LogP contribution is -2.43. The molecule has 19 heavy (non-hydrogen) atoms. The summed E-state index contributed by atoms with van der Waals surface area (Å²) in [6.07, 6.45) is 11.2. The third kappa shape index (κ3) is 5.13. The fourth-order valence-electron chi connectivity index (χ4n) is 3.34. The van der Waals surface area contributed by atoms with Crippen molar-refractivity contribution in [2.45, 2.75) is 70.8 Å². The van der Waals surface area contributed by atoms with Crippen molar-refractivity contribution in [1.29, 1.82) is 0 Å². The Morgan fingerprint density at radius 1 is 1.05 bits per heavy atom. The third-order valence-electron chi connectivity index (χ3n) is 4.80. The third-order valence-corrected chi connectivity index (χ3v) is 4.80. The average molecular weight is 266 g/mol. The number of hydrogen-bond acceptors (Lipinski definition) is 2. The van der Waals surface area contributed by atoms with Gasteiger partial charge in [-0.1, -0.05) is 32.1 Å². The van der Waals surface area contributed by atoms with Crippen molar-refractivity contribution in [2.24, 2.45) is 11.8 Å². The fourth-order valence-corrected chi connectivity index (χ4v) is 3.34. The molecule has 0 aromatic heterocycles. The van der Waals surface area contributed by atoms with Gasteiger partial charge in [0.1, 0.15) is 0 Å². The van der Waals surface area contributed by atoms with Gasteiger partial charge in [0.2, 0.25) is 5.91 Å². The van der Waals surface area contributed by atoms with E-state index in [-0.39, 0.29) is 5.92 Å². The molecule has 1 saturated carbocycles. The number of piperidine rings is 1. The number of carbonyl (C=O) groups excluding carboxylic acids is 1. The second-order valence-corrected chi connectivity index (χ2v) is 6.54. The van der Waals surface area contributed by atoms with Crippen molar-refractivity contribution in [3.63, 3.8) is 0 Å². The Labute approximate surface area is 117 Å². The number of rotatable bonds is 3. The van der Waals surface area contributed by atoms with Crippen molar-refractivity contribution in [3.8, 4) is 0 Å². The summed E-state index contributed by atoms with van der Waals surface area (Å²) in [4.78, 5) is 12.2. The Morgan fingerprint density at radius 2 is 1.74 bits per heavy atom. The summed E-state index contributed by atoms with van der Waals surface area (Å²) in [5, 5.41) is 6.71. The van der Waals surface area contributed by atoms with E-state index in [1.54, 1.807) is 0 Å². The SMILES string of the molecule is CC1CCC(CNC(=O)C2CCCCCCC2)CN1. The predicted octanol–water partition coefficient (Wildman–Crippen LogP) is 2.85. The Morgan fingerprint density at radius 3 is 2.37 bits per heavy atom. The van der Waals surface area contributed by atoms with Crippen LogP contribution in [0.4, 0.5) is 0 Å². The fraction of sp³-hybridized carbons (Fsp3) is 0.938. The number of nitrogens with one attached hydrogen (secondary N) is 2. The highest BCUT2D eigenvalue weighted by Gasteiger charge is 2.22. The largest absolute Gasteiger partial charge is 0.356 e. The van der Waals surface area contributed by atoms with E-state index >= 15 is 0 Å². The smallest absolute Gasteiger partial charge is 0.223 e. The molecule has 1 aliphatic carbocycles. The minimum atomic E-state index is 0.288. The van der Waals surface area contributed by atoms with Crippen LogP contribution in [-0.4, -0.2) is 25.0 Å². The molecular formula is C16H30N2O. The first-order valence-electron chi connectivity index (χ1n) is 8.27. The molecule has 2 N–H and O–H groups in total. The molecule has 1 aliphatic heterocycles. The highest BCUT2D eigenvalue weighted by Crippen LogP contribution is 2.22. The molecule has 0 aromatic rings. The van der Waals surface area contributed by atoms with Crippen LogP contribution in [-0.2, 0) is 4.79 Å². The van der Waals surface area contributed by atoms with Crippen LogP contribution in [0.5, 0.6) is 0 Å². The highest BCUT2D eigenvalue weighted by molar-refractivity contribution is 5.78. The number of amides is 1. The zero-order chi connectivity index (χ0) is 13.5. The second kappa shape index (κ2) is 7.88. The van der Waals surface area contributed by atoms with Gasteiger partial charge in [-0.3, -0.25) is 4.79 Å². The van der Waals surface area contributed by atoms with Crippen LogP contribution in [0.1, 0.15) is 64.7 Å². The molecule has 1 heterocycles. The van der Waals surface area contributed by atoms with Gasteiger partial charge in [-0.05, 0) is 45.1 Å². The standard InChI is InChI=1S/C16H30N2O/c1-13-9-10-14(11-17-13)12-18-16(19)15-7-5-3-2-4-6-8-15/h13-15,17H,2-12H2,1H3,(H,18,19). The van der Waals surface area contributed by atoms with Gasteiger partial charge >= 0.3 is 0 Å². The van der Waals surface area contributed by atoms with Crippen molar-refractivity contribution >= 4 is 5.91 Å². The van der Waals surface area contributed by atoms with Crippen molar-refractivity contribution in [1.82, 2.24) is 10.6 Å². The molecule has 110 valence electrons. The molecule has 2 aliphatic rings. The van der Waals surface area contributed by atoms with Crippen LogP contribution in [0.3, 0.4) is 0 Å². The maximum absolute atomic E-state index is 12.2. The number of hydrogen-bond donors (Lipinski definition) is 2. The van der Waals surface area contributed by atoms with Gasteiger partial charge < -0.3 is 10.6 Å². The Bertz CT molecular complexity index is 264. The van der Waals surface area contributed by atoms with E-state index in [9.17, 15) is 4.79 Å². The summed E-state index contributed by atoms with van der Waals surface area (Å²) >= 11 is 0. The molecule has 2 fully saturated rings. The summed E-state index contributed by atoms with van der Waals surface area (Å²) in [5.41, 5.74) is 0. The van der Waals surface area contributed by atoms with Crippen molar-refractivity contribution in [3.05, 3.63) is 0 Å². The normalized spacial score (nSPS) is 30.4. The van der Waals surface area contributed by atoms with Crippen molar-refractivity contribution in [2.75, 3.05) is 13.1 Å². The summed E-state index contributed by atoms with van der Waals surface area (Å²) in [5.74, 6) is 1.24. The van der Waals surface area contributed by atoms with E-state index in [1.807, 2.05) is 0 Å². The molecule has 2 atom stereocenters. The highest BCUT2D eigenvalue weighted by atomic mass is 16.1. The van der Waals surface area contributed by atoms with Crippen LogP contribution in [0, 0.1) is 11.8 Å². The zero-order valence-corrected chi connectivity index (χ0v) is 12.4. The van der Waals surface area contributed by atoms with Crippen LogP contribution < -0.4 is 10.6 Å².